The number of hydrogen-bond acceptors (Lipinski definition) is 6. The van der Waals surface area contributed by atoms with Crippen molar-refractivity contribution in [2.45, 2.75) is 12.8 Å². The van der Waals surface area contributed by atoms with Gasteiger partial charge in [-0.25, -0.2) is 23.7 Å². The van der Waals surface area contributed by atoms with Gasteiger partial charge in [-0.1, -0.05) is 17.7 Å². The Morgan fingerprint density at radius 2 is 1.96 bits per heavy atom. The molecule has 2 heterocycles. The molecular formula is C16H11ClF2N4O2. The van der Waals surface area contributed by atoms with E-state index in [2.05, 4.69) is 15.0 Å². The fraction of sp³-hybridized carbons (Fsp3) is 0.125. The van der Waals surface area contributed by atoms with Crippen molar-refractivity contribution in [1.82, 2.24) is 15.0 Å². The smallest absolute Gasteiger partial charge is 0.248 e. The molecule has 0 saturated carbocycles. The fourth-order valence-electron chi connectivity index (χ4n) is 2.24. The van der Waals surface area contributed by atoms with Crippen molar-refractivity contribution in [1.29, 1.82) is 0 Å². The van der Waals surface area contributed by atoms with E-state index in [9.17, 15) is 13.6 Å². The number of carbonyl (C=O) groups excluding carboxylic acids is 1. The third kappa shape index (κ3) is 3.48. The zero-order valence-corrected chi connectivity index (χ0v) is 13.4. The number of ketones is 1. The molecule has 0 bridgehead atoms. The van der Waals surface area contributed by atoms with Crippen LogP contribution in [-0.2, 0) is 6.42 Å². The highest BCUT2D eigenvalue weighted by Gasteiger charge is 2.20. The van der Waals surface area contributed by atoms with Gasteiger partial charge in [0.05, 0.1) is 6.20 Å². The topological polar surface area (TPSA) is 94.9 Å². The van der Waals surface area contributed by atoms with Crippen LogP contribution in [0.1, 0.15) is 22.5 Å². The third-order valence-electron chi connectivity index (χ3n) is 3.44. The van der Waals surface area contributed by atoms with E-state index in [0.29, 0.717) is 0 Å². The second kappa shape index (κ2) is 6.94. The average molecular weight is 365 g/mol. The highest BCUT2D eigenvalue weighted by molar-refractivity contribution is 6.31. The van der Waals surface area contributed by atoms with E-state index in [4.69, 9.17) is 21.8 Å². The minimum Gasteiger partial charge on any atom is -0.443 e. The summed E-state index contributed by atoms with van der Waals surface area (Å²) in [6, 6.07) is 3.50. The lowest BCUT2D eigenvalue weighted by Crippen LogP contribution is -2.11. The number of benzene rings is 1. The lowest BCUT2D eigenvalue weighted by molar-refractivity contribution is 0.0978. The van der Waals surface area contributed by atoms with Crippen molar-refractivity contribution in [3.63, 3.8) is 0 Å². The Kier molecular flexibility index (Phi) is 4.71. The average Bonchev–Trinajstić information content (AvgIpc) is 3.10. The van der Waals surface area contributed by atoms with Crippen LogP contribution in [0.2, 0.25) is 5.15 Å². The number of aromatic nitrogens is 3. The minimum absolute atomic E-state index is 0.0980. The summed E-state index contributed by atoms with van der Waals surface area (Å²) >= 11 is 6.00. The molecule has 0 aliphatic rings. The Morgan fingerprint density at radius 1 is 1.24 bits per heavy atom. The molecule has 0 spiro atoms. The molecule has 0 saturated heterocycles. The summed E-state index contributed by atoms with van der Waals surface area (Å²) in [5.41, 5.74) is 5.51. The van der Waals surface area contributed by atoms with Gasteiger partial charge in [0.25, 0.3) is 0 Å². The molecule has 0 atom stereocenters. The molecule has 0 amide bonds. The molecule has 128 valence electrons. The highest BCUT2D eigenvalue weighted by atomic mass is 35.5. The van der Waals surface area contributed by atoms with E-state index < -0.39 is 17.4 Å². The zero-order valence-electron chi connectivity index (χ0n) is 12.7. The third-order valence-corrected chi connectivity index (χ3v) is 3.71. The molecule has 0 aliphatic carbocycles. The second-order valence-corrected chi connectivity index (χ2v) is 5.42. The van der Waals surface area contributed by atoms with Gasteiger partial charge in [-0.3, -0.25) is 4.79 Å². The molecule has 2 N–H and O–H groups in total. The van der Waals surface area contributed by atoms with Crippen molar-refractivity contribution in [2.75, 3.05) is 5.73 Å². The van der Waals surface area contributed by atoms with Crippen molar-refractivity contribution in [2.24, 2.45) is 0 Å². The normalized spacial score (nSPS) is 10.8. The molecule has 6 nitrogen and oxygen atoms in total. The monoisotopic (exact) mass is 364 g/mol. The summed E-state index contributed by atoms with van der Waals surface area (Å²) in [7, 11) is 0. The Bertz CT molecular complexity index is 912. The summed E-state index contributed by atoms with van der Waals surface area (Å²) in [5.74, 6) is -2.03. The van der Waals surface area contributed by atoms with Crippen molar-refractivity contribution in [3.8, 4) is 11.6 Å². The van der Waals surface area contributed by atoms with Crippen LogP contribution >= 0.6 is 11.6 Å². The molecule has 3 rings (SSSR count). The molecule has 0 aliphatic heterocycles. The Balaban J connectivity index is 1.82. The van der Waals surface area contributed by atoms with E-state index in [-0.39, 0.29) is 46.7 Å². The zero-order chi connectivity index (χ0) is 18.0. The molecule has 3 aromatic rings. The number of nitrogens with two attached hydrogens (primary N) is 1. The van der Waals surface area contributed by atoms with Crippen LogP contribution in [0.15, 0.2) is 35.1 Å². The molecule has 0 radical (unpaired) electrons. The summed E-state index contributed by atoms with van der Waals surface area (Å²) in [5, 5.41) is -0.114. The largest absolute Gasteiger partial charge is 0.443 e. The number of oxazole rings is 1. The van der Waals surface area contributed by atoms with Crippen LogP contribution in [0.5, 0.6) is 0 Å². The number of nitrogens with zero attached hydrogens (tertiary/aromatic N) is 3. The second-order valence-electron chi connectivity index (χ2n) is 5.06. The van der Waals surface area contributed by atoms with Crippen molar-refractivity contribution in [3.05, 3.63) is 58.7 Å². The Morgan fingerprint density at radius 3 is 2.60 bits per heavy atom. The first-order chi connectivity index (χ1) is 12.0. The maximum absolute atomic E-state index is 13.6. The quantitative estimate of drug-likeness (QED) is 0.696. The van der Waals surface area contributed by atoms with Crippen LogP contribution in [0.4, 0.5) is 14.6 Å². The number of hydrogen-bond donors (Lipinski definition) is 1. The first-order valence-corrected chi connectivity index (χ1v) is 7.54. The first kappa shape index (κ1) is 17.0. The number of halogens is 3. The van der Waals surface area contributed by atoms with Gasteiger partial charge >= 0.3 is 0 Å². The molecule has 25 heavy (non-hydrogen) atoms. The molecule has 0 fully saturated rings. The van der Waals surface area contributed by atoms with Crippen molar-refractivity contribution >= 4 is 23.2 Å². The van der Waals surface area contributed by atoms with E-state index >= 15 is 0 Å². The Labute approximate surface area is 145 Å². The van der Waals surface area contributed by atoms with Gasteiger partial charge in [-0.05, 0) is 18.6 Å². The number of carbonyl (C=O) groups is 1. The van der Waals surface area contributed by atoms with Gasteiger partial charge in [0.15, 0.2) is 22.4 Å². The molecule has 1 aromatic carbocycles. The predicted molar refractivity (Wildman–Crippen MR) is 86.0 cm³/mol. The minimum atomic E-state index is -0.718. The van der Waals surface area contributed by atoms with Crippen LogP contribution in [-0.4, -0.2) is 20.7 Å². The lowest BCUT2D eigenvalue weighted by Gasteiger charge is -2.07. The van der Waals surface area contributed by atoms with Gasteiger partial charge < -0.3 is 10.2 Å². The van der Waals surface area contributed by atoms with Gasteiger partial charge in [0.2, 0.25) is 5.89 Å². The van der Waals surface area contributed by atoms with Crippen LogP contribution < -0.4 is 5.73 Å². The van der Waals surface area contributed by atoms with Crippen LogP contribution in [0, 0.1) is 11.6 Å². The molecular weight excluding hydrogens is 354 g/mol. The molecule has 2 aromatic heterocycles. The van der Waals surface area contributed by atoms with Gasteiger partial charge in [-0.15, -0.1) is 0 Å². The fourth-order valence-corrected chi connectivity index (χ4v) is 2.45. The van der Waals surface area contributed by atoms with Crippen LogP contribution in [0.25, 0.3) is 11.6 Å². The SMILES string of the molecule is Nc1nc(-c2ncco2)c(Cl)nc1C(=O)CCc1c(F)cccc1F. The number of anilines is 1. The van der Waals surface area contributed by atoms with E-state index in [1.807, 2.05) is 0 Å². The van der Waals surface area contributed by atoms with Gasteiger partial charge in [0, 0.05) is 12.0 Å². The Hall–Kier alpha value is -2.87. The lowest BCUT2D eigenvalue weighted by atomic mass is 10.0. The summed E-state index contributed by atoms with van der Waals surface area (Å²) in [4.78, 5) is 24.1. The molecule has 9 heteroatoms. The van der Waals surface area contributed by atoms with Gasteiger partial charge in [0.1, 0.15) is 23.6 Å². The van der Waals surface area contributed by atoms with Crippen molar-refractivity contribution < 1.29 is 18.0 Å². The maximum atomic E-state index is 13.6. The summed E-state index contributed by atoms with van der Waals surface area (Å²) in [6.45, 7) is 0. The highest BCUT2D eigenvalue weighted by Crippen LogP contribution is 2.26. The van der Waals surface area contributed by atoms with Gasteiger partial charge in [-0.2, -0.15) is 0 Å². The van der Waals surface area contributed by atoms with E-state index in [1.165, 1.54) is 18.5 Å². The van der Waals surface area contributed by atoms with Crippen LogP contribution in [0.3, 0.4) is 0 Å². The number of Topliss-reactive ketones (excluding diaryl/α,β-unsaturated/α-hetero) is 1. The maximum Gasteiger partial charge on any atom is 0.248 e. The first-order valence-electron chi connectivity index (χ1n) is 7.16. The summed E-state index contributed by atoms with van der Waals surface area (Å²) < 4.78 is 32.3. The summed E-state index contributed by atoms with van der Waals surface area (Å²) in [6.07, 6.45) is 2.38. The van der Waals surface area contributed by atoms with E-state index in [0.717, 1.165) is 12.1 Å². The predicted octanol–water partition coefficient (Wildman–Crippen LogP) is 3.46. The van der Waals surface area contributed by atoms with E-state index in [1.54, 1.807) is 0 Å². The standard InChI is InChI=1S/C16H11ClF2N4O2/c17-14-13(16-21-6-7-25-16)23-15(20)12(22-14)11(24)5-4-8-9(18)2-1-3-10(8)19/h1-3,6-7H,4-5H2,(H2,20,23). The number of nitrogen functional groups attached to an aromatic ring is 1. The molecule has 0 unspecified atom stereocenters. The number of rotatable bonds is 5.